The first-order valence-electron chi connectivity index (χ1n) is 10.7. The summed E-state index contributed by atoms with van der Waals surface area (Å²) < 4.78 is 0. The average Bonchev–Trinajstić information content (AvgIpc) is 2.81. The third-order valence-corrected chi connectivity index (χ3v) is 5.79. The lowest BCUT2D eigenvalue weighted by Gasteiger charge is -2.38. The van der Waals surface area contributed by atoms with E-state index in [1.807, 2.05) is 25.1 Å². The summed E-state index contributed by atoms with van der Waals surface area (Å²) in [6.45, 7) is 1.72. The van der Waals surface area contributed by atoms with E-state index >= 15 is 0 Å². The van der Waals surface area contributed by atoms with Crippen LogP contribution in [0, 0.1) is 18.8 Å². The molecular formula is C24H25N5O4. The van der Waals surface area contributed by atoms with Crippen molar-refractivity contribution in [2.45, 2.75) is 19.8 Å². The minimum atomic E-state index is -0.412. The second-order valence-corrected chi connectivity index (χ2v) is 8.28. The van der Waals surface area contributed by atoms with E-state index < -0.39 is 11.8 Å². The van der Waals surface area contributed by atoms with Crippen molar-refractivity contribution >= 4 is 35.1 Å². The van der Waals surface area contributed by atoms with E-state index in [0.717, 1.165) is 5.56 Å². The van der Waals surface area contributed by atoms with Gasteiger partial charge in [-0.1, -0.05) is 18.2 Å². The number of aryl methyl sites for hydroxylation is 1. The van der Waals surface area contributed by atoms with Crippen molar-refractivity contribution in [3.63, 3.8) is 0 Å². The zero-order valence-electron chi connectivity index (χ0n) is 18.4. The Balaban J connectivity index is 1.45. The molecule has 0 saturated carbocycles. The van der Waals surface area contributed by atoms with Crippen molar-refractivity contribution in [1.82, 2.24) is 15.3 Å². The Hall–Kier alpha value is -4.01. The molecule has 0 bridgehead atoms. The molecule has 4 amide bonds. The van der Waals surface area contributed by atoms with Crippen LogP contribution in [-0.2, 0) is 14.4 Å². The van der Waals surface area contributed by atoms with Gasteiger partial charge in [0.25, 0.3) is 5.91 Å². The lowest BCUT2D eigenvalue weighted by Crippen LogP contribution is -2.59. The summed E-state index contributed by atoms with van der Waals surface area (Å²) in [5, 5.41) is 3.89. The van der Waals surface area contributed by atoms with Crippen LogP contribution in [0.4, 0.5) is 11.5 Å². The van der Waals surface area contributed by atoms with Crippen LogP contribution >= 0.6 is 0 Å². The SMILES string of the molecule is Cc1ccnc(NC(=O)CN(C)C(=O)c2cccc(N3NC(=O)C4CC=CCC4C3=O)c2)c1. The topological polar surface area (TPSA) is 112 Å². The fraction of sp³-hybridized carbons (Fsp3) is 0.292. The molecule has 1 saturated heterocycles. The minimum Gasteiger partial charge on any atom is -0.332 e. The molecule has 1 aliphatic carbocycles. The molecule has 4 rings (SSSR count). The number of rotatable bonds is 5. The van der Waals surface area contributed by atoms with Crippen LogP contribution in [0.2, 0.25) is 0 Å². The predicted molar refractivity (Wildman–Crippen MR) is 122 cm³/mol. The van der Waals surface area contributed by atoms with E-state index in [1.54, 1.807) is 30.5 Å². The van der Waals surface area contributed by atoms with Gasteiger partial charge in [0, 0.05) is 18.8 Å². The van der Waals surface area contributed by atoms with Gasteiger partial charge in [0.15, 0.2) is 0 Å². The maximum absolute atomic E-state index is 13.0. The molecule has 1 aromatic heterocycles. The van der Waals surface area contributed by atoms with Gasteiger partial charge in [-0.3, -0.25) is 24.6 Å². The number of nitrogens with one attached hydrogen (secondary N) is 2. The first-order chi connectivity index (χ1) is 15.8. The maximum atomic E-state index is 13.0. The van der Waals surface area contributed by atoms with E-state index in [2.05, 4.69) is 15.7 Å². The standard InChI is InChI=1S/C24H25N5O4/c1-15-10-11-25-20(12-15)26-21(30)14-28(2)23(32)16-6-5-7-17(13-16)29-24(33)19-9-4-3-8-18(19)22(31)27-29/h3-7,10-13,18-19H,8-9,14H2,1-2H3,(H,27,31)(H,25,26,30). The van der Waals surface area contributed by atoms with Gasteiger partial charge in [-0.2, -0.15) is 0 Å². The van der Waals surface area contributed by atoms with Crippen LogP contribution in [0.15, 0.2) is 54.7 Å². The van der Waals surface area contributed by atoms with Gasteiger partial charge >= 0.3 is 0 Å². The predicted octanol–water partition coefficient (Wildman–Crippen LogP) is 2.06. The molecule has 2 unspecified atom stereocenters. The molecule has 1 fully saturated rings. The Bertz CT molecular complexity index is 1150. The molecule has 33 heavy (non-hydrogen) atoms. The number of carbonyl (C=O) groups is 4. The van der Waals surface area contributed by atoms with E-state index in [4.69, 9.17) is 0 Å². The highest BCUT2D eigenvalue weighted by Crippen LogP contribution is 2.32. The van der Waals surface area contributed by atoms with Gasteiger partial charge in [-0.05, 0) is 55.7 Å². The molecule has 2 N–H and O–H groups in total. The largest absolute Gasteiger partial charge is 0.332 e. The van der Waals surface area contributed by atoms with E-state index in [1.165, 1.54) is 23.0 Å². The number of fused-ring (bicyclic) bond motifs is 1. The summed E-state index contributed by atoms with van der Waals surface area (Å²) in [7, 11) is 1.52. The third kappa shape index (κ3) is 4.77. The summed E-state index contributed by atoms with van der Waals surface area (Å²) in [6, 6.07) is 9.99. The van der Waals surface area contributed by atoms with Crippen molar-refractivity contribution in [3.8, 4) is 0 Å². The number of pyridine rings is 1. The monoisotopic (exact) mass is 447 g/mol. The summed E-state index contributed by atoms with van der Waals surface area (Å²) in [4.78, 5) is 56.1. The molecule has 2 aromatic rings. The smallest absolute Gasteiger partial charge is 0.254 e. The lowest BCUT2D eigenvalue weighted by atomic mass is 9.80. The number of anilines is 2. The molecule has 0 spiro atoms. The summed E-state index contributed by atoms with van der Waals surface area (Å²) in [6.07, 6.45) is 6.49. The zero-order valence-corrected chi connectivity index (χ0v) is 18.4. The van der Waals surface area contributed by atoms with Gasteiger partial charge in [0.1, 0.15) is 5.82 Å². The molecule has 0 radical (unpaired) electrons. The molecule has 2 aliphatic rings. The Morgan fingerprint density at radius 2 is 1.91 bits per heavy atom. The van der Waals surface area contributed by atoms with Crippen LogP contribution in [0.5, 0.6) is 0 Å². The minimum absolute atomic E-state index is 0.172. The highest BCUT2D eigenvalue weighted by Gasteiger charge is 2.42. The van der Waals surface area contributed by atoms with Crippen LogP contribution < -0.4 is 15.8 Å². The average molecular weight is 447 g/mol. The number of allylic oxidation sites excluding steroid dienone is 2. The Morgan fingerprint density at radius 3 is 2.67 bits per heavy atom. The first-order valence-corrected chi connectivity index (χ1v) is 10.7. The van der Waals surface area contributed by atoms with Crippen molar-refractivity contribution in [1.29, 1.82) is 0 Å². The normalized spacial score (nSPS) is 19.5. The highest BCUT2D eigenvalue weighted by atomic mass is 16.2. The summed E-state index contributed by atoms with van der Waals surface area (Å²) in [5.41, 5.74) is 4.30. The number of hydrogen-bond acceptors (Lipinski definition) is 5. The number of hydrogen-bond donors (Lipinski definition) is 2. The highest BCUT2D eigenvalue weighted by molar-refractivity contribution is 6.05. The number of likely N-dealkylation sites (N-methyl/N-ethyl adjacent to an activating group) is 1. The van der Waals surface area contributed by atoms with Crippen LogP contribution in [0.25, 0.3) is 0 Å². The Kier molecular flexibility index (Phi) is 6.21. The molecular weight excluding hydrogens is 422 g/mol. The fourth-order valence-electron chi connectivity index (χ4n) is 4.06. The quantitative estimate of drug-likeness (QED) is 0.682. The van der Waals surface area contributed by atoms with E-state index in [9.17, 15) is 19.2 Å². The first kappa shape index (κ1) is 22.2. The maximum Gasteiger partial charge on any atom is 0.254 e. The van der Waals surface area contributed by atoms with Crippen molar-refractivity contribution in [2.24, 2.45) is 11.8 Å². The molecule has 1 aliphatic heterocycles. The van der Waals surface area contributed by atoms with Crippen LogP contribution in [0.1, 0.15) is 28.8 Å². The third-order valence-electron chi connectivity index (χ3n) is 5.79. The number of hydrazine groups is 1. The zero-order chi connectivity index (χ0) is 23.5. The summed E-state index contributed by atoms with van der Waals surface area (Å²) >= 11 is 0. The lowest BCUT2D eigenvalue weighted by molar-refractivity contribution is -0.140. The second kappa shape index (κ2) is 9.23. The van der Waals surface area contributed by atoms with Gasteiger partial charge in [-0.15, -0.1) is 0 Å². The molecule has 9 nitrogen and oxygen atoms in total. The number of carbonyl (C=O) groups excluding carboxylic acids is 4. The van der Waals surface area contributed by atoms with Crippen molar-refractivity contribution in [3.05, 3.63) is 65.9 Å². The Morgan fingerprint density at radius 1 is 1.15 bits per heavy atom. The number of aromatic nitrogens is 1. The number of amides is 4. The van der Waals surface area contributed by atoms with Crippen molar-refractivity contribution in [2.75, 3.05) is 23.9 Å². The van der Waals surface area contributed by atoms with Crippen LogP contribution in [0.3, 0.4) is 0 Å². The summed E-state index contributed by atoms with van der Waals surface area (Å²) in [5.74, 6) is -1.54. The Labute approximate surface area is 191 Å². The number of benzene rings is 1. The van der Waals surface area contributed by atoms with Gasteiger partial charge in [-0.25, -0.2) is 9.99 Å². The van der Waals surface area contributed by atoms with E-state index in [0.29, 0.717) is 29.9 Å². The molecule has 1 aromatic carbocycles. The molecule has 2 atom stereocenters. The van der Waals surface area contributed by atoms with Gasteiger partial charge < -0.3 is 10.2 Å². The second-order valence-electron chi connectivity index (χ2n) is 8.28. The van der Waals surface area contributed by atoms with Crippen LogP contribution in [-0.4, -0.2) is 47.1 Å². The molecule has 2 heterocycles. The van der Waals surface area contributed by atoms with Gasteiger partial charge in [0.2, 0.25) is 17.7 Å². The number of nitrogens with zero attached hydrogens (tertiary/aromatic N) is 3. The fourth-order valence-corrected chi connectivity index (χ4v) is 4.06. The van der Waals surface area contributed by atoms with E-state index in [-0.39, 0.29) is 30.2 Å². The van der Waals surface area contributed by atoms with Crippen molar-refractivity contribution < 1.29 is 19.2 Å². The van der Waals surface area contributed by atoms with Gasteiger partial charge in [0.05, 0.1) is 24.1 Å². The molecule has 9 heteroatoms. The molecule has 170 valence electrons.